The van der Waals surface area contributed by atoms with Crippen LogP contribution in [0.2, 0.25) is 34.3 Å². The molecule has 0 aliphatic rings. The smallest absolute Gasteiger partial charge is 0.0556 e. The van der Waals surface area contributed by atoms with Crippen molar-refractivity contribution in [2.75, 3.05) is 0 Å². The van der Waals surface area contributed by atoms with Crippen molar-refractivity contribution in [3.05, 3.63) is 0 Å². The molecule has 0 radical (unpaired) electrons. The molecule has 0 unspecified atom stereocenters. The fourth-order valence-electron chi connectivity index (χ4n) is 4.56. The first-order valence-electron chi connectivity index (χ1n) is 7.64. The number of hydrogen-bond acceptors (Lipinski definition) is 0. The van der Waals surface area contributed by atoms with E-state index in [9.17, 15) is 0 Å². The molecule has 0 nitrogen and oxygen atoms in total. The van der Waals surface area contributed by atoms with E-state index in [1.165, 1.54) is 0 Å². The summed E-state index contributed by atoms with van der Waals surface area (Å²) in [6.07, 6.45) is 0. The van der Waals surface area contributed by atoms with E-state index in [0.29, 0.717) is 10.1 Å². The lowest BCUT2D eigenvalue weighted by molar-refractivity contribution is 0.628. The predicted molar refractivity (Wildman–Crippen MR) is 92.9 cm³/mol. The highest BCUT2D eigenvalue weighted by molar-refractivity contribution is 7.44. The monoisotopic (exact) mass is 286 g/mol. The van der Waals surface area contributed by atoms with Gasteiger partial charge in [0.05, 0.1) is 15.2 Å². The van der Waals surface area contributed by atoms with Gasteiger partial charge in [0.1, 0.15) is 0 Å². The van der Waals surface area contributed by atoms with Gasteiger partial charge in [0.25, 0.3) is 0 Å². The molecule has 0 saturated carbocycles. The van der Waals surface area contributed by atoms with E-state index in [4.69, 9.17) is 0 Å². The van der Waals surface area contributed by atoms with Gasteiger partial charge in [-0.15, -0.1) is 0 Å². The lowest BCUT2D eigenvalue weighted by Crippen LogP contribution is -2.71. The lowest BCUT2D eigenvalue weighted by Gasteiger charge is -2.62. The summed E-state index contributed by atoms with van der Waals surface area (Å²) in [7, 11) is -2.68. The van der Waals surface area contributed by atoms with E-state index >= 15 is 0 Å². The van der Waals surface area contributed by atoms with Crippen molar-refractivity contribution in [3.8, 4) is 0 Å². The average Bonchev–Trinajstić information content (AvgIpc) is 2.10. The quantitative estimate of drug-likeness (QED) is 0.510. The van der Waals surface area contributed by atoms with Gasteiger partial charge in [0.15, 0.2) is 0 Å². The molecule has 0 atom stereocenters. The number of hydrogen-bond donors (Lipinski definition) is 0. The maximum absolute atomic E-state index is 2.72. The molecule has 0 aromatic heterocycles. The molecule has 0 aliphatic heterocycles. The molecule has 0 aliphatic carbocycles. The van der Waals surface area contributed by atoms with Crippen LogP contribution in [0.5, 0.6) is 0 Å². The minimum Gasteiger partial charge on any atom is -0.0707 e. The van der Waals surface area contributed by atoms with Crippen LogP contribution in [0, 0.1) is 0 Å². The lowest BCUT2D eigenvalue weighted by atomic mass is 10.2. The van der Waals surface area contributed by atoms with E-state index in [1.807, 2.05) is 0 Å². The summed E-state index contributed by atoms with van der Waals surface area (Å²) < 4.78 is 0. The Balaban J connectivity index is 6.20. The minimum absolute atomic E-state index is 0.487. The molecule has 0 amide bonds. The van der Waals surface area contributed by atoms with E-state index in [2.05, 4.69) is 82.3 Å². The Bertz CT molecular complexity index is 254. The molecule has 18 heavy (non-hydrogen) atoms. The third-order valence-corrected chi connectivity index (χ3v) is 33.9. The normalized spacial score (nSPS) is 15.7. The van der Waals surface area contributed by atoms with E-state index in [0.717, 1.165) is 11.1 Å². The summed E-state index contributed by atoms with van der Waals surface area (Å²) in [5.74, 6) is 0. The second kappa shape index (κ2) is 5.08. The van der Waals surface area contributed by atoms with Crippen molar-refractivity contribution in [2.45, 2.75) is 103 Å². The van der Waals surface area contributed by atoms with Crippen LogP contribution in [0.15, 0.2) is 0 Å². The van der Waals surface area contributed by atoms with Gasteiger partial charge in [-0.05, 0) is 10.1 Å². The van der Waals surface area contributed by atoms with Crippen molar-refractivity contribution in [3.63, 3.8) is 0 Å². The van der Waals surface area contributed by atoms with Crippen molar-refractivity contribution in [1.82, 2.24) is 0 Å². The average molecular weight is 287 g/mol. The predicted octanol–water partition coefficient (Wildman–Crippen LogP) is 6.64. The van der Waals surface area contributed by atoms with Crippen LogP contribution in [-0.2, 0) is 0 Å². The summed E-state index contributed by atoms with van der Waals surface area (Å²) in [5, 5.41) is 0.974. The second-order valence-electron chi connectivity index (χ2n) is 9.22. The summed E-state index contributed by atoms with van der Waals surface area (Å²) in [5.41, 5.74) is 1.76. The summed E-state index contributed by atoms with van der Waals surface area (Å²) in [6.45, 7) is 30.5. The first-order chi connectivity index (χ1) is 7.64. The summed E-state index contributed by atoms with van der Waals surface area (Å²) in [6, 6.07) is 0. The van der Waals surface area contributed by atoms with E-state index in [-0.39, 0.29) is 0 Å². The highest BCUT2D eigenvalue weighted by Crippen LogP contribution is 2.60. The fourth-order valence-corrected chi connectivity index (χ4v) is 30.3. The molecule has 0 bridgehead atoms. The molecular weight excluding hydrogens is 248 g/mol. The Morgan fingerprint density at radius 2 is 0.833 bits per heavy atom. The van der Waals surface area contributed by atoms with Crippen LogP contribution in [0.25, 0.3) is 0 Å². The van der Waals surface area contributed by atoms with Gasteiger partial charge in [-0.25, -0.2) is 0 Å². The first-order valence-corrected chi connectivity index (χ1v) is 13.8. The van der Waals surface area contributed by atoms with Gasteiger partial charge in [-0.3, -0.25) is 0 Å². The molecule has 110 valence electrons. The third kappa shape index (κ3) is 2.52. The number of rotatable bonds is 3. The molecule has 0 saturated heterocycles. The van der Waals surface area contributed by atoms with Crippen LogP contribution in [0.3, 0.4) is 0 Å². The van der Waals surface area contributed by atoms with E-state index < -0.39 is 15.2 Å². The van der Waals surface area contributed by atoms with Gasteiger partial charge in [0.2, 0.25) is 0 Å². The molecule has 0 fully saturated rings. The molecule has 0 aromatic carbocycles. The van der Waals surface area contributed by atoms with Gasteiger partial charge < -0.3 is 0 Å². The molecule has 0 N–H and O–H groups in total. The molecule has 0 rings (SSSR count). The van der Waals surface area contributed by atoms with Crippen LogP contribution >= 0.6 is 0 Å². The van der Waals surface area contributed by atoms with Crippen LogP contribution < -0.4 is 0 Å². The highest BCUT2D eigenvalue weighted by atomic mass is 29.3. The molecular formula is C16H38Si2. The van der Waals surface area contributed by atoms with Crippen LogP contribution in [0.1, 0.15) is 69.2 Å². The Morgan fingerprint density at radius 1 is 0.611 bits per heavy atom. The molecule has 0 heterocycles. The van der Waals surface area contributed by atoms with Gasteiger partial charge in [-0.2, -0.15) is 0 Å². The maximum atomic E-state index is 2.72. The zero-order valence-corrected chi connectivity index (χ0v) is 17.2. The van der Waals surface area contributed by atoms with Crippen molar-refractivity contribution in [1.29, 1.82) is 0 Å². The topological polar surface area (TPSA) is 0 Å². The van der Waals surface area contributed by atoms with Crippen LogP contribution in [0.4, 0.5) is 0 Å². The van der Waals surface area contributed by atoms with Gasteiger partial charge in [0, 0.05) is 0 Å². The van der Waals surface area contributed by atoms with Gasteiger partial charge >= 0.3 is 0 Å². The zero-order chi connectivity index (χ0) is 15.2. The summed E-state index contributed by atoms with van der Waals surface area (Å²) >= 11 is 0. The Kier molecular flexibility index (Phi) is 5.21. The minimum atomic E-state index is -1.39. The first kappa shape index (κ1) is 18.4. The van der Waals surface area contributed by atoms with Crippen molar-refractivity contribution in [2.24, 2.45) is 0 Å². The SMILES string of the molecule is CC(C)[Si](C)(C(C)C)[Si](C)(C(C)(C)C)C(C)(C)C. The highest BCUT2D eigenvalue weighted by Gasteiger charge is 2.62. The molecule has 0 spiro atoms. The van der Waals surface area contributed by atoms with Crippen LogP contribution in [-0.4, -0.2) is 15.2 Å². The Labute approximate surface area is 119 Å². The largest absolute Gasteiger partial charge is 0.0707 e. The Morgan fingerprint density at radius 3 is 0.889 bits per heavy atom. The van der Waals surface area contributed by atoms with Crippen molar-refractivity contribution < 1.29 is 0 Å². The van der Waals surface area contributed by atoms with E-state index in [1.54, 1.807) is 0 Å². The maximum Gasteiger partial charge on any atom is 0.0556 e. The second-order valence-corrected chi connectivity index (χ2v) is 25.6. The Hall–Kier alpha value is 0.434. The molecule has 0 aromatic rings. The molecule has 2 heteroatoms. The van der Waals surface area contributed by atoms with Crippen molar-refractivity contribution >= 4 is 15.2 Å². The summed E-state index contributed by atoms with van der Waals surface area (Å²) in [4.78, 5) is 0. The third-order valence-electron chi connectivity index (χ3n) is 6.48. The van der Waals surface area contributed by atoms with Gasteiger partial charge in [-0.1, -0.05) is 93.4 Å². The zero-order valence-electron chi connectivity index (χ0n) is 15.2. The standard InChI is InChI=1S/C16H38Si2/c1-13(2)17(11,14(3)4)18(12,15(5,6)7)16(8,9)10/h13-14H,1-12H3. The fraction of sp³-hybridized carbons (Fsp3) is 1.00.